The number of nitrogens with zero attached hydrogens (tertiary/aromatic N) is 2. The van der Waals surface area contributed by atoms with Crippen molar-refractivity contribution in [3.8, 4) is 0 Å². The lowest BCUT2D eigenvalue weighted by atomic mass is 10.1. The summed E-state index contributed by atoms with van der Waals surface area (Å²) >= 11 is 0. The fourth-order valence-electron chi connectivity index (χ4n) is 1.97. The van der Waals surface area contributed by atoms with Gasteiger partial charge in [-0.15, -0.1) is 6.58 Å². The summed E-state index contributed by atoms with van der Waals surface area (Å²) in [6, 6.07) is 10.8. The van der Waals surface area contributed by atoms with E-state index in [4.69, 9.17) is 0 Å². The van der Waals surface area contributed by atoms with Crippen LogP contribution in [0.25, 0.3) is 0 Å². The molecule has 0 amide bonds. The smallest absolute Gasteiger partial charge is 0.203 e. The van der Waals surface area contributed by atoms with Crippen LogP contribution in [-0.2, 0) is 13.0 Å². The second-order valence-electron chi connectivity index (χ2n) is 4.43. The Hall–Kier alpha value is -2.03. The molecule has 0 fully saturated rings. The van der Waals surface area contributed by atoms with Crippen LogP contribution in [0, 0.1) is 0 Å². The van der Waals surface area contributed by atoms with Crippen molar-refractivity contribution in [2.45, 2.75) is 25.9 Å². The van der Waals surface area contributed by atoms with Gasteiger partial charge in [0.1, 0.15) is 0 Å². The Labute approximate surface area is 108 Å². The first kappa shape index (κ1) is 12.4. The molecule has 94 valence electrons. The van der Waals surface area contributed by atoms with Gasteiger partial charge in [0, 0.05) is 25.0 Å². The highest BCUT2D eigenvalue weighted by Gasteiger charge is 2.07. The van der Waals surface area contributed by atoms with E-state index in [2.05, 4.69) is 52.6 Å². The molecule has 0 aliphatic heterocycles. The average molecular weight is 241 g/mol. The first-order valence-electron chi connectivity index (χ1n) is 6.22. The van der Waals surface area contributed by atoms with E-state index in [9.17, 15) is 0 Å². The van der Waals surface area contributed by atoms with Crippen LogP contribution >= 0.6 is 0 Å². The zero-order valence-corrected chi connectivity index (χ0v) is 10.7. The van der Waals surface area contributed by atoms with Gasteiger partial charge >= 0.3 is 0 Å². The zero-order chi connectivity index (χ0) is 12.8. The van der Waals surface area contributed by atoms with Crippen molar-refractivity contribution in [3.05, 3.63) is 60.9 Å². The molecule has 0 spiro atoms. The van der Waals surface area contributed by atoms with E-state index in [1.807, 2.05) is 18.3 Å². The van der Waals surface area contributed by atoms with Crippen LogP contribution in [0.2, 0.25) is 0 Å². The number of benzene rings is 1. The third kappa shape index (κ3) is 3.23. The molecule has 2 aromatic rings. The summed E-state index contributed by atoms with van der Waals surface area (Å²) in [5.74, 6) is 0.901. The second kappa shape index (κ2) is 6.05. The Morgan fingerprint density at radius 3 is 2.89 bits per heavy atom. The Kier molecular flexibility index (Phi) is 4.18. The van der Waals surface area contributed by atoms with Crippen molar-refractivity contribution in [1.29, 1.82) is 0 Å². The van der Waals surface area contributed by atoms with E-state index in [0.29, 0.717) is 6.04 Å². The van der Waals surface area contributed by atoms with Crippen molar-refractivity contribution in [3.63, 3.8) is 0 Å². The summed E-state index contributed by atoms with van der Waals surface area (Å²) in [6.45, 7) is 6.69. The second-order valence-corrected chi connectivity index (χ2v) is 4.43. The maximum atomic E-state index is 4.32. The highest BCUT2D eigenvalue weighted by molar-refractivity contribution is 5.29. The summed E-state index contributed by atoms with van der Waals surface area (Å²) in [5, 5.41) is 3.43. The molecule has 3 heteroatoms. The van der Waals surface area contributed by atoms with E-state index in [1.165, 1.54) is 5.56 Å². The van der Waals surface area contributed by atoms with Gasteiger partial charge in [-0.05, 0) is 18.9 Å². The van der Waals surface area contributed by atoms with Gasteiger partial charge in [0.2, 0.25) is 5.95 Å². The highest BCUT2D eigenvalue weighted by Crippen LogP contribution is 2.09. The minimum atomic E-state index is 0.346. The summed E-state index contributed by atoms with van der Waals surface area (Å²) in [4.78, 5) is 4.32. The zero-order valence-electron chi connectivity index (χ0n) is 10.7. The molecule has 1 atom stereocenters. The van der Waals surface area contributed by atoms with Crippen LogP contribution in [0.4, 0.5) is 5.95 Å². The maximum absolute atomic E-state index is 4.32. The van der Waals surface area contributed by atoms with Crippen LogP contribution in [0.1, 0.15) is 12.5 Å². The Morgan fingerprint density at radius 1 is 1.39 bits per heavy atom. The SMILES string of the molecule is C=CCn1ccnc1NC(C)Cc1ccccc1. The molecule has 1 unspecified atom stereocenters. The van der Waals surface area contributed by atoms with Crippen LogP contribution in [0.5, 0.6) is 0 Å². The van der Waals surface area contributed by atoms with Crippen LogP contribution in [0.3, 0.4) is 0 Å². The highest BCUT2D eigenvalue weighted by atomic mass is 15.2. The first-order chi connectivity index (χ1) is 8.79. The standard InChI is InChI=1S/C15H19N3/c1-3-10-18-11-9-16-15(18)17-13(2)12-14-7-5-4-6-8-14/h3-9,11,13H,1,10,12H2,2H3,(H,16,17). The van der Waals surface area contributed by atoms with Crippen molar-refractivity contribution in [2.24, 2.45) is 0 Å². The van der Waals surface area contributed by atoms with Crippen molar-refractivity contribution < 1.29 is 0 Å². The van der Waals surface area contributed by atoms with Gasteiger partial charge in [-0.2, -0.15) is 0 Å². The lowest BCUT2D eigenvalue weighted by molar-refractivity contribution is 0.745. The summed E-state index contributed by atoms with van der Waals surface area (Å²) in [7, 11) is 0. The molecule has 1 N–H and O–H groups in total. The third-order valence-electron chi connectivity index (χ3n) is 2.80. The van der Waals surface area contributed by atoms with E-state index in [1.54, 1.807) is 6.20 Å². The fourth-order valence-corrected chi connectivity index (χ4v) is 1.97. The number of hydrogen-bond donors (Lipinski definition) is 1. The van der Waals surface area contributed by atoms with Crippen LogP contribution in [0.15, 0.2) is 55.4 Å². The topological polar surface area (TPSA) is 29.9 Å². The Bertz CT molecular complexity index is 487. The van der Waals surface area contributed by atoms with Gasteiger partial charge in [0.05, 0.1) is 0 Å². The number of rotatable bonds is 6. The number of allylic oxidation sites excluding steroid dienone is 1. The van der Waals surface area contributed by atoms with E-state index in [0.717, 1.165) is 18.9 Å². The van der Waals surface area contributed by atoms with E-state index in [-0.39, 0.29) is 0 Å². The summed E-state index contributed by atoms with van der Waals surface area (Å²) in [6.07, 6.45) is 6.62. The molecule has 1 heterocycles. The number of nitrogens with one attached hydrogen (secondary N) is 1. The number of aromatic nitrogens is 2. The minimum Gasteiger partial charge on any atom is -0.353 e. The van der Waals surface area contributed by atoms with Crippen LogP contribution in [-0.4, -0.2) is 15.6 Å². The van der Waals surface area contributed by atoms with E-state index < -0.39 is 0 Å². The lowest BCUT2D eigenvalue weighted by Crippen LogP contribution is -2.20. The predicted octanol–water partition coefficient (Wildman–Crippen LogP) is 3.11. The Balaban J connectivity index is 1.96. The molecule has 1 aromatic heterocycles. The quantitative estimate of drug-likeness (QED) is 0.787. The largest absolute Gasteiger partial charge is 0.353 e. The molecule has 1 aromatic carbocycles. The summed E-state index contributed by atoms with van der Waals surface area (Å²) < 4.78 is 2.05. The number of hydrogen-bond acceptors (Lipinski definition) is 2. The molecule has 0 aliphatic carbocycles. The monoisotopic (exact) mass is 241 g/mol. The molecular formula is C15H19N3. The Morgan fingerprint density at radius 2 is 2.17 bits per heavy atom. The molecule has 18 heavy (non-hydrogen) atoms. The van der Waals surface area contributed by atoms with Crippen molar-refractivity contribution in [1.82, 2.24) is 9.55 Å². The molecule has 0 saturated carbocycles. The average Bonchev–Trinajstić information content (AvgIpc) is 2.78. The maximum Gasteiger partial charge on any atom is 0.203 e. The van der Waals surface area contributed by atoms with Gasteiger partial charge in [-0.1, -0.05) is 36.4 Å². The molecule has 3 nitrogen and oxygen atoms in total. The molecule has 0 aliphatic rings. The summed E-state index contributed by atoms with van der Waals surface area (Å²) in [5.41, 5.74) is 1.33. The molecule has 0 saturated heterocycles. The first-order valence-corrected chi connectivity index (χ1v) is 6.22. The van der Waals surface area contributed by atoms with Gasteiger partial charge < -0.3 is 9.88 Å². The van der Waals surface area contributed by atoms with Gasteiger partial charge in [0.15, 0.2) is 0 Å². The van der Waals surface area contributed by atoms with Gasteiger partial charge in [-0.3, -0.25) is 0 Å². The van der Waals surface area contributed by atoms with Crippen LogP contribution < -0.4 is 5.32 Å². The number of imidazole rings is 1. The normalized spacial score (nSPS) is 12.1. The van der Waals surface area contributed by atoms with Gasteiger partial charge in [-0.25, -0.2) is 4.98 Å². The van der Waals surface area contributed by atoms with Crippen molar-refractivity contribution in [2.75, 3.05) is 5.32 Å². The van der Waals surface area contributed by atoms with Gasteiger partial charge in [0.25, 0.3) is 0 Å². The van der Waals surface area contributed by atoms with E-state index >= 15 is 0 Å². The number of anilines is 1. The molecular weight excluding hydrogens is 222 g/mol. The lowest BCUT2D eigenvalue weighted by Gasteiger charge is -2.15. The minimum absolute atomic E-state index is 0.346. The third-order valence-corrected chi connectivity index (χ3v) is 2.80. The molecule has 0 bridgehead atoms. The molecule has 0 radical (unpaired) electrons. The fraction of sp³-hybridized carbons (Fsp3) is 0.267. The predicted molar refractivity (Wildman–Crippen MR) is 75.7 cm³/mol. The molecule has 2 rings (SSSR count). The van der Waals surface area contributed by atoms with Crippen molar-refractivity contribution >= 4 is 5.95 Å².